The Morgan fingerprint density at radius 2 is 1.48 bits per heavy atom. The maximum absolute atomic E-state index is 12.1. The first kappa shape index (κ1) is 22.2. The Hall–Kier alpha value is -1.06. The van der Waals surface area contributed by atoms with Gasteiger partial charge >= 0.3 is 11.9 Å². The number of unbranched alkanes of at least 4 members (excludes halogenated alkanes) is 9. The molecule has 2 atom stereocenters. The first-order valence-corrected chi connectivity index (χ1v) is 11.1. The minimum absolute atomic E-state index is 0.0595. The van der Waals surface area contributed by atoms with Gasteiger partial charge in [-0.2, -0.15) is 0 Å². The summed E-state index contributed by atoms with van der Waals surface area (Å²) in [7, 11) is 0. The molecule has 2 unspecified atom stereocenters. The summed E-state index contributed by atoms with van der Waals surface area (Å²) in [4.78, 5) is 23.2. The summed E-state index contributed by atoms with van der Waals surface area (Å²) in [6.45, 7) is 7.73. The third kappa shape index (κ3) is 5.71. The molecule has 156 valence electrons. The fourth-order valence-corrected chi connectivity index (χ4v) is 4.76. The van der Waals surface area contributed by atoms with Crippen molar-refractivity contribution in [3.05, 3.63) is 0 Å². The number of aliphatic carboxylic acids is 1. The van der Waals surface area contributed by atoms with Crippen molar-refractivity contribution in [3.63, 3.8) is 0 Å². The monoisotopic (exact) mass is 380 g/mol. The molecule has 0 radical (unpaired) electrons. The highest BCUT2D eigenvalue weighted by Crippen LogP contribution is 2.67. The quantitative estimate of drug-likeness (QED) is 0.291. The number of esters is 1. The molecule has 4 heteroatoms. The third-order valence-corrected chi connectivity index (χ3v) is 6.93. The first-order chi connectivity index (χ1) is 12.6. The molecule has 0 amide bonds. The van der Waals surface area contributed by atoms with Crippen molar-refractivity contribution in [2.75, 3.05) is 0 Å². The first-order valence-electron chi connectivity index (χ1n) is 11.1. The lowest BCUT2D eigenvalue weighted by Crippen LogP contribution is -2.23. The normalized spacial score (nSPS) is 25.9. The van der Waals surface area contributed by atoms with Gasteiger partial charge < -0.3 is 9.84 Å². The van der Waals surface area contributed by atoms with E-state index < -0.39 is 11.4 Å². The van der Waals surface area contributed by atoms with Crippen LogP contribution in [0.5, 0.6) is 0 Å². The van der Waals surface area contributed by atoms with Crippen LogP contribution in [0.2, 0.25) is 0 Å². The van der Waals surface area contributed by atoms with Crippen LogP contribution >= 0.6 is 0 Å². The van der Waals surface area contributed by atoms with Crippen molar-refractivity contribution in [1.82, 2.24) is 0 Å². The van der Waals surface area contributed by atoms with Crippen molar-refractivity contribution in [2.45, 2.75) is 117 Å². The number of carbonyl (C=O) groups is 2. The molecule has 2 aliphatic rings. The predicted molar refractivity (Wildman–Crippen MR) is 108 cm³/mol. The summed E-state index contributed by atoms with van der Waals surface area (Å²) in [5, 5.41) is 9.09. The van der Waals surface area contributed by atoms with Crippen LogP contribution < -0.4 is 0 Å². The zero-order valence-corrected chi connectivity index (χ0v) is 17.9. The van der Waals surface area contributed by atoms with E-state index in [-0.39, 0.29) is 17.0 Å². The lowest BCUT2D eigenvalue weighted by Gasteiger charge is -2.18. The summed E-state index contributed by atoms with van der Waals surface area (Å²) >= 11 is 0. The van der Waals surface area contributed by atoms with Crippen LogP contribution in [-0.2, 0) is 14.3 Å². The molecular weight excluding hydrogens is 340 g/mol. The number of hydrogen-bond donors (Lipinski definition) is 1. The van der Waals surface area contributed by atoms with Gasteiger partial charge in [0.25, 0.3) is 0 Å². The van der Waals surface area contributed by atoms with E-state index in [1.165, 1.54) is 44.9 Å². The maximum atomic E-state index is 12.1. The topological polar surface area (TPSA) is 63.6 Å². The number of ether oxygens (including phenoxy) is 1. The summed E-state index contributed by atoms with van der Waals surface area (Å²) in [6, 6.07) is 0. The molecule has 0 aromatic heterocycles. The van der Waals surface area contributed by atoms with E-state index in [2.05, 4.69) is 13.8 Å². The molecule has 1 heterocycles. The molecule has 0 aromatic rings. The number of fused-ring (bicyclic) bond motifs is 1. The Bertz CT molecular complexity index is 522. The standard InChI is InChI=1S/C23H40O4/c1-21(2,19(24)25)15-13-11-9-7-5-6-8-10-12-14-16-23-17-18(23)22(3,4)27-20(23)26/h18H,5-17H2,1-4H3,(H,24,25). The number of carboxylic acid groups (broad SMARTS) is 1. The van der Waals surface area contributed by atoms with Gasteiger partial charge in [-0.25, -0.2) is 0 Å². The molecule has 0 aromatic carbocycles. The number of hydrogen-bond acceptors (Lipinski definition) is 3. The molecule has 1 N–H and O–H groups in total. The second-order valence-corrected chi connectivity index (χ2v) is 10.1. The number of rotatable bonds is 14. The van der Waals surface area contributed by atoms with Gasteiger partial charge in [-0.05, 0) is 47.0 Å². The van der Waals surface area contributed by atoms with Crippen molar-refractivity contribution in [2.24, 2.45) is 16.7 Å². The molecule has 1 aliphatic heterocycles. The Morgan fingerprint density at radius 3 is 1.89 bits per heavy atom. The highest BCUT2D eigenvalue weighted by Gasteiger charge is 2.72. The van der Waals surface area contributed by atoms with E-state index in [0.717, 1.165) is 38.5 Å². The molecule has 1 aliphatic carbocycles. The maximum Gasteiger partial charge on any atom is 0.313 e. The van der Waals surface area contributed by atoms with Crippen LogP contribution in [-0.4, -0.2) is 22.6 Å². The van der Waals surface area contributed by atoms with E-state index in [4.69, 9.17) is 9.84 Å². The van der Waals surface area contributed by atoms with Crippen LogP contribution in [0.1, 0.15) is 111 Å². The summed E-state index contributed by atoms with van der Waals surface area (Å²) < 4.78 is 5.53. The van der Waals surface area contributed by atoms with Gasteiger partial charge in [0.1, 0.15) is 5.60 Å². The molecule has 1 saturated heterocycles. The van der Waals surface area contributed by atoms with Gasteiger partial charge in [-0.1, -0.05) is 64.2 Å². The van der Waals surface area contributed by atoms with Crippen molar-refractivity contribution in [1.29, 1.82) is 0 Å². The van der Waals surface area contributed by atoms with E-state index in [1.54, 1.807) is 0 Å². The average molecular weight is 381 g/mol. The van der Waals surface area contributed by atoms with Gasteiger partial charge in [0, 0.05) is 5.92 Å². The van der Waals surface area contributed by atoms with Gasteiger partial charge in [0.05, 0.1) is 10.8 Å². The number of cyclic esters (lactones) is 1. The van der Waals surface area contributed by atoms with Crippen LogP contribution in [0, 0.1) is 16.7 Å². The molecule has 27 heavy (non-hydrogen) atoms. The highest BCUT2D eigenvalue weighted by molar-refractivity contribution is 5.84. The van der Waals surface area contributed by atoms with Crippen molar-refractivity contribution < 1.29 is 19.4 Å². The van der Waals surface area contributed by atoms with Gasteiger partial charge in [-0.3, -0.25) is 9.59 Å². The van der Waals surface area contributed by atoms with Gasteiger partial charge in [0.2, 0.25) is 0 Å². The Morgan fingerprint density at radius 1 is 1.00 bits per heavy atom. The zero-order chi connectivity index (χ0) is 20.1. The van der Waals surface area contributed by atoms with Crippen LogP contribution in [0.15, 0.2) is 0 Å². The highest BCUT2D eigenvalue weighted by atomic mass is 16.6. The number of carbonyl (C=O) groups excluding carboxylic acids is 1. The van der Waals surface area contributed by atoms with Gasteiger partial charge in [0.15, 0.2) is 0 Å². The molecule has 0 spiro atoms. The minimum Gasteiger partial charge on any atom is -0.481 e. The minimum atomic E-state index is -0.687. The smallest absolute Gasteiger partial charge is 0.313 e. The van der Waals surface area contributed by atoms with Crippen molar-refractivity contribution >= 4 is 11.9 Å². The molecule has 2 fully saturated rings. The largest absolute Gasteiger partial charge is 0.481 e. The van der Waals surface area contributed by atoms with Gasteiger partial charge in [-0.15, -0.1) is 0 Å². The lowest BCUT2D eigenvalue weighted by atomic mass is 9.87. The lowest BCUT2D eigenvalue weighted by molar-refractivity contribution is -0.154. The Labute approximate surface area is 165 Å². The Kier molecular flexibility index (Phi) is 7.38. The predicted octanol–water partition coefficient (Wildman–Crippen LogP) is 6.12. The molecule has 0 bridgehead atoms. The van der Waals surface area contributed by atoms with E-state index in [9.17, 15) is 9.59 Å². The fraction of sp³-hybridized carbons (Fsp3) is 0.913. The average Bonchev–Trinajstić information content (AvgIpc) is 3.28. The summed E-state index contributed by atoms with van der Waals surface area (Å²) in [5.41, 5.74) is -0.926. The third-order valence-electron chi connectivity index (χ3n) is 6.93. The van der Waals surface area contributed by atoms with Crippen molar-refractivity contribution in [3.8, 4) is 0 Å². The summed E-state index contributed by atoms with van der Waals surface area (Å²) in [6.07, 6.45) is 15.0. The Balaban J connectivity index is 1.39. The van der Waals surface area contributed by atoms with E-state index >= 15 is 0 Å². The fourth-order valence-electron chi connectivity index (χ4n) is 4.76. The van der Waals surface area contributed by atoms with E-state index in [0.29, 0.717) is 5.92 Å². The SMILES string of the molecule is CC(C)(CCCCCCCCCCCCC12CC1C(C)(C)OC2=O)C(=O)O. The zero-order valence-electron chi connectivity index (χ0n) is 17.9. The van der Waals surface area contributed by atoms with Crippen LogP contribution in [0.3, 0.4) is 0 Å². The number of carboxylic acids is 1. The molecular formula is C23H40O4. The molecule has 4 nitrogen and oxygen atoms in total. The summed E-state index contributed by atoms with van der Waals surface area (Å²) in [5.74, 6) is -0.171. The van der Waals surface area contributed by atoms with Crippen LogP contribution in [0.4, 0.5) is 0 Å². The second kappa shape index (κ2) is 8.96. The second-order valence-electron chi connectivity index (χ2n) is 10.1. The van der Waals surface area contributed by atoms with E-state index in [1.807, 2.05) is 13.8 Å². The molecule has 1 saturated carbocycles. The molecule has 2 rings (SSSR count). The van der Waals surface area contributed by atoms with Crippen LogP contribution in [0.25, 0.3) is 0 Å².